The molecule has 3 aromatic rings. The number of carbonyl (C=O) groups is 1. The monoisotopic (exact) mass is 394 g/mol. The van der Waals surface area contributed by atoms with Crippen molar-refractivity contribution in [1.29, 1.82) is 0 Å². The van der Waals surface area contributed by atoms with Crippen molar-refractivity contribution >= 4 is 46.7 Å². The third kappa shape index (κ3) is 4.28. The zero-order valence-corrected chi connectivity index (χ0v) is 15.3. The van der Waals surface area contributed by atoms with Crippen LogP contribution >= 0.6 is 35.0 Å². The van der Waals surface area contributed by atoms with Gasteiger partial charge >= 0.3 is 0 Å². The van der Waals surface area contributed by atoms with Crippen LogP contribution in [0, 0.1) is 6.92 Å². The van der Waals surface area contributed by atoms with E-state index in [1.807, 2.05) is 31.2 Å². The van der Waals surface area contributed by atoms with Crippen molar-refractivity contribution in [2.45, 2.75) is 12.1 Å². The third-order valence-corrected chi connectivity index (χ3v) is 4.60. The molecular weight excluding hydrogens is 383 g/mol. The van der Waals surface area contributed by atoms with Crippen molar-refractivity contribution in [2.75, 3.05) is 11.1 Å². The first-order valence-electron chi connectivity index (χ1n) is 7.12. The molecule has 2 heterocycles. The number of aryl methyl sites for hydroxylation is 1. The summed E-state index contributed by atoms with van der Waals surface area (Å²) in [5, 5.41) is 15.5. The van der Waals surface area contributed by atoms with Crippen molar-refractivity contribution in [3.05, 3.63) is 52.1 Å². The molecule has 0 bridgehead atoms. The van der Waals surface area contributed by atoms with E-state index in [4.69, 9.17) is 23.2 Å². The number of amides is 1. The van der Waals surface area contributed by atoms with Crippen LogP contribution in [0.25, 0.3) is 5.69 Å². The summed E-state index contributed by atoms with van der Waals surface area (Å²) in [5.74, 6) is 0.0867. The zero-order chi connectivity index (χ0) is 17.8. The van der Waals surface area contributed by atoms with Gasteiger partial charge in [0.15, 0.2) is 5.82 Å². The van der Waals surface area contributed by atoms with E-state index in [9.17, 15) is 4.79 Å². The largest absolute Gasteiger partial charge is 0.309 e. The lowest BCUT2D eigenvalue weighted by molar-refractivity contribution is -0.113. The number of tetrazole rings is 1. The van der Waals surface area contributed by atoms with Gasteiger partial charge in [0.25, 0.3) is 0 Å². The van der Waals surface area contributed by atoms with Gasteiger partial charge in [-0.05, 0) is 35.0 Å². The molecule has 2 aromatic heterocycles. The van der Waals surface area contributed by atoms with Crippen LogP contribution in [0.5, 0.6) is 0 Å². The van der Waals surface area contributed by atoms with E-state index in [1.165, 1.54) is 24.0 Å². The number of hydrogen-bond acceptors (Lipinski definition) is 6. The molecule has 1 aromatic carbocycles. The second-order valence-electron chi connectivity index (χ2n) is 4.98. The van der Waals surface area contributed by atoms with Crippen molar-refractivity contribution < 1.29 is 4.79 Å². The molecule has 3 rings (SSSR count). The van der Waals surface area contributed by atoms with E-state index in [2.05, 4.69) is 25.8 Å². The minimum absolute atomic E-state index is 0.104. The molecule has 0 radical (unpaired) electrons. The number of pyridine rings is 1. The summed E-state index contributed by atoms with van der Waals surface area (Å²) in [5.41, 5.74) is 1.89. The normalized spacial score (nSPS) is 10.7. The Morgan fingerprint density at radius 3 is 2.88 bits per heavy atom. The Morgan fingerprint density at radius 1 is 1.32 bits per heavy atom. The first-order valence-corrected chi connectivity index (χ1v) is 8.87. The lowest BCUT2D eigenvalue weighted by atomic mass is 10.2. The van der Waals surface area contributed by atoms with Gasteiger partial charge in [0.1, 0.15) is 0 Å². The molecule has 1 amide bonds. The summed E-state index contributed by atoms with van der Waals surface area (Å²) in [6, 6.07) is 9.23. The van der Waals surface area contributed by atoms with E-state index >= 15 is 0 Å². The Morgan fingerprint density at radius 2 is 2.12 bits per heavy atom. The quantitative estimate of drug-likeness (QED) is 0.667. The Bertz CT molecular complexity index is 917. The molecule has 10 heteroatoms. The third-order valence-electron chi connectivity index (χ3n) is 3.18. The number of carbonyl (C=O) groups excluding carboxylic acids is 1. The molecule has 0 atom stereocenters. The van der Waals surface area contributed by atoms with Crippen LogP contribution in [0.3, 0.4) is 0 Å². The summed E-state index contributed by atoms with van der Waals surface area (Å²) < 4.78 is 1.60. The highest BCUT2D eigenvalue weighted by Gasteiger charge is 2.14. The van der Waals surface area contributed by atoms with E-state index < -0.39 is 0 Å². The predicted molar refractivity (Wildman–Crippen MR) is 97.5 cm³/mol. The Balaban J connectivity index is 1.67. The number of nitrogens with one attached hydrogen (secondary N) is 1. The number of thioether (sulfide) groups is 1. The number of para-hydroxylation sites is 1. The topological polar surface area (TPSA) is 85.6 Å². The van der Waals surface area contributed by atoms with Crippen molar-refractivity contribution in [3.8, 4) is 5.69 Å². The average Bonchev–Trinajstić information content (AvgIpc) is 3.04. The van der Waals surface area contributed by atoms with Gasteiger partial charge in [0.05, 0.1) is 21.5 Å². The molecule has 0 aliphatic rings. The standard InChI is InChI=1S/C15H12Cl2N6OS/c1-9-4-2-3-5-12(9)23-15(20-21-22-23)25-8-13(24)19-14-11(17)6-10(16)7-18-14/h2-7H,8H2,1H3,(H,18,19,24). The average molecular weight is 395 g/mol. The predicted octanol–water partition coefficient (Wildman–Crippen LogP) is 3.40. The molecule has 128 valence electrons. The molecule has 25 heavy (non-hydrogen) atoms. The van der Waals surface area contributed by atoms with Crippen LogP contribution in [-0.2, 0) is 4.79 Å². The van der Waals surface area contributed by atoms with Crippen LogP contribution in [0.1, 0.15) is 5.56 Å². The van der Waals surface area contributed by atoms with E-state index in [1.54, 1.807) is 4.68 Å². The van der Waals surface area contributed by atoms with Crippen molar-refractivity contribution in [1.82, 2.24) is 25.2 Å². The number of aromatic nitrogens is 5. The first kappa shape index (κ1) is 17.7. The summed E-state index contributed by atoms with van der Waals surface area (Å²) in [6.07, 6.45) is 1.41. The van der Waals surface area contributed by atoms with Crippen LogP contribution in [0.15, 0.2) is 41.7 Å². The number of rotatable bonds is 5. The SMILES string of the molecule is Cc1ccccc1-n1nnnc1SCC(=O)Nc1ncc(Cl)cc1Cl. The Labute approximate surface area is 157 Å². The molecule has 0 spiro atoms. The maximum absolute atomic E-state index is 12.1. The molecule has 7 nitrogen and oxygen atoms in total. The van der Waals surface area contributed by atoms with E-state index in [-0.39, 0.29) is 22.5 Å². The van der Waals surface area contributed by atoms with Gasteiger partial charge in [-0.2, -0.15) is 4.68 Å². The molecule has 0 aliphatic heterocycles. The molecule has 0 unspecified atom stereocenters. The van der Waals surface area contributed by atoms with Crippen LogP contribution < -0.4 is 5.32 Å². The van der Waals surface area contributed by atoms with Gasteiger partial charge in [-0.1, -0.05) is 53.2 Å². The second kappa shape index (κ2) is 7.81. The smallest absolute Gasteiger partial charge is 0.236 e. The fourth-order valence-corrected chi connectivity index (χ4v) is 3.14. The maximum Gasteiger partial charge on any atom is 0.236 e. The summed E-state index contributed by atoms with van der Waals surface area (Å²) >= 11 is 13.0. The number of hydrogen-bond donors (Lipinski definition) is 1. The van der Waals surface area contributed by atoms with Gasteiger partial charge in [-0.25, -0.2) is 4.98 Å². The van der Waals surface area contributed by atoms with Crippen molar-refractivity contribution in [2.24, 2.45) is 0 Å². The van der Waals surface area contributed by atoms with E-state index in [0.717, 1.165) is 11.3 Å². The maximum atomic E-state index is 12.1. The Hall–Kier alpha value is -2.16. The van der Waals surface area contributed by atoms with Crippen LogP contribution in [0.4, 0.5) is 5.82 Å². The minimum atomic E-state index is -0.277. The van der Waals surface area contributed by atoms with Gasteiger partial charge in [-0.3, -0.25) is 4.79 Å². The zero-order valence-electron chi connectivity index (χ0n) is 13.0. The van der Waals surface area contributed by atoms with Crippen LogP contribution in [0.2, 0.25) is 10.0 Å². The fraction of sp³-hybridized carbons (Fsp3) is 0.133. The molecule has 0 saturated carbocycles. The lowest BCUT2D eigenvalue weighted by Crippen LogP contribution is -2.16. The molecular formula is C15H12Cl2N6OS. The highest BCUT2D eigenvalue weighted by Crippen LogP contribution is 2.24. The fourth-order valence-electron chi connectivity index (χ4n) is 2.03. The van der Waals surface area contributed by atoms with Gasteiger partial charge < -0.3 is 5.32 Å². The van der Waals surface area contributed by atoms with Gasteiger partial charge in [-0.15, -0.1) is 5.10 Å². The number of anilines is 1. The first-order chi connectivity index (χ1) is 12.0. The second-order valence-corrected chi connectivity index (χ2v) is 6.77. The number of halogens is 2. The molecule has 0 aliphatic carbocycles. The molecule has 0 saturated heterocycles. The number of benzene rings is 1. The number of nitrogens with zero attached hydrogens (tertiary/aromatic N) is 5. The Kier molecular flexibility index (Phi) is 5.52. The summed E-state index contributed by atoms with van der Waals surface area (Å²) in [6.45, 7) is 1.96. The van der Waals surface area contributed by atoms with Gasteiger partial charge in [0, 0.05) is 6.20 Å². The lowest BCUT2D eigenvalue weighted by Gasteiger charge is -2.08. The van der Waals surface area contributed by atoms with E-state index in [0.29, 0.717) is 10.2 Å². The summed E-state index contributed by atoms with van der Waals surface area (Å²) in [4.78, 5) is 16.1. The molecule has 1 N–H and O–H groups in total. The van der Waals surface area contributed by atoms with Gasteiger partial charge in [0.2, 0.25) is 11.1 Å². The van der Waals surface area contributed by atoms with Crippen LogP contribution in [-0.4, -0.2) is 36.9 Å². The highest BCUT2D eigenvalue weighted by molar-refractivity contribution is 7.99. The van der Waals surface area contributed by atoms with Crippen molar-refractivity contribution in [3.63, 3.8) is 0 Å². The summed E-state index contributed by atoms with van der Waals surface area (Å²) in [7, 11) is 0. The minimum Gasteiger partial charge on any atom is -0.309 e. The molecule has 0 fully saturated rings. The highest BCUT2D eigenvalue weighted by atomic mass is 35.5.